The summed E-state index contributed by atoms with van der Waals surface area (Å²) in [6.07, 6.45) is -2.47. The van der Waals surface area contributed by atoms with Crippen LogP contribution in [-0.4, -0.2) is 35.6 Å². The molecule has 1 saturated heterocycles. The van der Waals surface area contributed by atoms with Gasteiger partial charge >= 0.3 is 6.18 Å². The van der Waals surface area contributed by atoms with Crippen molar-refractivity contribution < 1.29 is 13.2 Å². The van der Waals surface area contributed by atoms with Gasteiger partial charge in [-0.1, -0.05) is 30.3 Å². The second-order valence-electron chi connectivity index (χ2n) is 6.48. The van der Waals surface area contributed by atoms with Crippen molar-refractivity contribution in [3.05, 3.63) is 59.8 Å². The smallest absolute Gasteiger partial charge is 0.355 e. The number of hydrogen-bond donors (Lipinski definition) is 0. The number of aromatic nitrogens is 1. The molecule has 2 aromatic rings. The van der Waals surface area contributed by atoms with Gasteiger partial charge in [0.1, 0.15) is 5.82 Å². The van der Waals surface area contributed by atoms with E-state index in [1.165, 1.54) is 11.6 Å². The average molecular weight is 349 g/mol. The zero-order valence-corrected chi connectivity index (χ0v) is 14.2. The lowest BCUT2D eigenvalue weighted by molar-refractivity contribution is -0.137. The highest BCUT2D eigenvalue weighted by atomic mass is 19.4. The highest BCUT2D eigenvalue weighted by molar-refractivity contribution is 5.40. The van der Waals surface area contributed by atoms with Gasteiger partial charge in [0.05, 0.1) is 5.56 Å². The standard InChI is InChI=1S/C19H22F3N3/c1-15-9-10-24(18-8-7-17(13-23-18)19(20,21)22)11-12-25(15)14-16-5-3-2-4-6-16/h2-8,13,15H,9-12,14H2,1H3. The van der Waals surface area contributed by atoms with Crippen LogP contribution in [0.2, 0.25) is 0 Å². The molecule has 1 aliphatic heterocycles. The number of hydrogen-bond acceptors (Lipinski definition) is 3. The Bertz CT molecular complexity index is 671. The van der Waals surface area contributed by atoms with E-state index in [4.69, 9.17) is 0 Å². The van der Waals surface area contributed by atoms with E-state index in [-0.39, 0.29) is 0 Å². The first-order valence-corrected chi connectivity index (χ1v) is 8.49. The fraction of sp³-hybridized carbons (Fsp3) is 0.421. The van der Waals surface area contributed by atoms with Gasteiger partial charge in [0.15, 0.2) is 0 Å². The number of rotatable bonds is 3. The zero-order chi connectivity index (χ0) is 17.9. The van der Waals surface area contributed by atoms with E-state index in [2.05, 4.69) is 33.8 Å². The molecule has 1 aromatic carbocycles. The van der Waals surface area contributed by atoms with Crippen LogP contribution in [0, 0.1) is 0 Å². The summed E-state index contributed by atoms with van der Waals surface area (Å²) in [5.74, 6) is 0.613. The van der Waals surface area contributed by atoms with Crippen LogP contribution in [0.1, 0.15) is 24.5 Å². The lowest BCUT2D eigenvalue weighted by Gasteiger charge is -2.26. The van der Waals surface area contributed by atoms with E-state index >= 15 is 0 Å². The number of halogens is 3. The molecule has 0 radical (unpaired) electrons. The first-order chi connectivity index (χ1) is 11.9. The number of pyridine rings is 1. The Morgan fingerprint density at radius 3 is 2.44 bits per heavy atom. The maximum absolute atomic E-state index is 12.7. The van der Waals surface area contributed by atoms with Crippen molar-refractivity contribution in [2.24, 2.45) is 0 Å². The molecule has 2 heterocycles. The summed E-state index contributed by atoms with van der Waals surface area (Å²) in [7, 11) is 0. The molecule has 0 amide bonds. The van der Waals surface area contributed by atoms with Gasteiger partial charge in [0.25, 0.3) is 0 Å². The van der Waals surface area contributed by atoms with Crippen LogP contribution in [0.3, 0.4) is 0 Å². The molecule has 3 rings (SSSR count). The van der Waals surface area contributed by atoms with Crippen LogP contribution >= 0.6 is 0 Å². The van der Waals surface area contributed by atoms with Crippen LogP contribution < -0.4 is 4.90 Å². The maximum Gasteiger partial charge on any atom is 0.417 e. The van der Waals surface area contributed by atoms with E-state index in [1.54, 1.807) is 0 Å². The molecule has 1 aromatic heterocycles. The molecule has 1 atom stereocenters. The normalized spacial score (nSPS) is 19.7. The minimum atomic E-state index is -4.34. The van der Waals surface area contributed by atoms with Crippen molar-refractivity contribution in [3.8, 4) is 0 Å². The molecule has 1 unspecified atom stereocenters. The first-order valence-electron chi connectivity index (χ1n) is 8.49. The van der Waals surface area contributed by atoms with E-state index in [1.807, 2.05) is 18.2 Å². The zero-order valence-electron chi connectivity index (χ0n) is 14.2. The SMILES string of the molecule is CC1CCN(c2ccc(C(F)(F)F)cn2)CCN1Cc1ccccc1. The second-order valence-corrected chi connectivity index (χ2v) is 6.48. The van der Waals surface area contributed by atoms with Gasteiger partial charge in [-0.25, -0.2) is 4.98 Å². The van der Waals surface area contributed by atoms with Crippen LogP contribution in [-0.2, 0) is 12.7 Å². The molecule has 0 aliphatic carbocycles. The molecule has 0 spiro atoms. The molecule has 25 heavy (non-hydrogen) atoms. The Balaban J connectivity index is 1.66. The molecule has 134 valence electrons. The summed E-state index contributed by atoms with van der Waals surface area (Å²) in [6.45, 7) is 5.50. The largest absolute Gasteiger partial charge is 0.417 e. The van der Waals surface area contributed by atoms with E-state index < -0.39 is 11.7 Å². The summed E-state index contributed by atoms with van der Waals surface area (Å²) in [5, 5.41) is 0. The monoisotopic (exact) mass is 349 g/mol. The Hall–Kier alpha value is -2.08. The van der Waals surface area contributed by atoms with E-state index in [9.17, 15) is 13.2 Å². The Labute approximate surface area is 146 Å². The van der Waals surface area contributed by atoms with Crippen molar-refractivity contribution in [1.82, 2.24) is 9.88 Å². The van der Waals surface area contributed by atoms with Gasteiger partial charge in [0.2, 0.25) is 0 Å². The molecular weight excluding hydrogens is 327 g/mol. The van der Waals surface area contributed by atoms with Gasteiger partial charge in [-0.3, -0.25) is 4.90 Å². The number of anilines is 1. The van der Waals surface area contributed by atoms with E-state index in [0.29, 0.717) is 11.9 Å². The van der Waals surface area contributed by atoms with Gasteiger partial charge in [0, 0.05) is 38.4 Å². The second kappa shape index (κ2) is 7.44. The van der Waals surface area contributed by atoms with Gasteiger partial charge in [-0.05, 0) is 31.0 Å². The van der Waals surface area contributed by atoms with Crippen molar-refractivity contribution in [2.45, 2.75) is 32.1 Å². The minimum Gasteiger partial charge on any atom is -0.355 e. The van der Waals surface area contributed by atoms with Crippen molar-refractivity contribution >= 4 is 5.82 Å². The minimum absolute atomic E-state index is 0.416. The van der Waals surface area contributed by atoms with Crippen LogP contribution in [0.4, 0.5) is 19.0 Å². The summed E-state index contributed by atoms with van der Waals surface area (Å²) in [5.41, 5.74) is 0.570. The Morgan fingerprint density at radius 1 is 1.04 bits per heavy atom. The molecule has 1 fully saturated rings. The predicted octanol–water partition coefficient (Wildman–Crippen LogP) is 4.20. The molecule has 0 bridgehead atoms. The van der Waals surface area contributed by atoms with Crippen LogP contribution in [0.15, 0.2) is 48.7 Å². The number of nitrogens with zero attached hydrogens (tertiary/aromatic N) is 3. The molecule has 0 N–H and O–H groups in total. The summed E-state index contributed by atoms with van der Waals surface area (Å²) >= 11 is 0. The Morgan fingerprint density at radius 2 is 1.80 bits per heavy atom. The average Bonchev–Trinajstić information content (AvgIpc) is 2.78. The summed E-state index contributed by atoms with van der Waals surface area (Å²) in [4.78, 5) is 8.52. The van der Waals surface area contributed by atoms with E-state index in [0.717, 1.165) is 44.9 Å². The lowest BCUT2D eigenvalue weighted by Crippen LogP contribution is -2.34. The third kappa shape index (κ3) is 4.51. The molecule has 0 saturated carbocycles. The predicted molar refractivity (Wildman–Crippen MR) is 92.4 cm³/mol. The van der Waals surface area contributed by atoms with Crippen LogP contribution in [0.25, 0.3) is 0 Å². The van der Waals surface area contributed by atoms with Gasteiger partial charge < -0.3 is 4.90 Å². The van der Waals surface area contributed by atoms with Crippen LogP contribution in [0.5, 0.6) is 0 Å². The summed E-state index contributed by atoms with van der Waals surface area (Å²) in [6, 6.07) is 13.3. The third-order valence-electron chi connectivity index (χ3n) is 4.72. The number of alkyl halides is 3. The van der Waals surface area contributed by atoms with Crippen molar-refractivity contribution in [1.29, 1.82) is 0 Å². The Kier molecular flexibility index (Phi) is 5.27. The van der Waals surface area contributed by atoms with Gasteiger partial charge in [-0.15, -0.1) is 0 Å². The molecular formula is C19H22F3N3. The number of benzene rings is 1. The summed E-state index contributed by atoms with van der Waals surface area (Å²) < 4.78 is 38.0. The third-order valence-corrected chi connectivity index (χ3v) is 4.72. The van der Waals surface area contributed by atoms with Crippen molar-refractivity contribution in [3.63, 3.8) is 0 Å². The molecule has 6 heteroatoms. The first kappa shape index (κ1) is 17.7. The van der Waals surface area contributed by atoms with Crippen molar-refractivity contribution in [2.75, 3.05) is 24.5 Å². The fourth-order valence-electron chi connectivity index (χ4n) is 3.13. The quantitative estimate of drug-likeness (QED) is 0.828. The highest BCUT2D eigenvalue weighted by Gasteiger charge is 2.31. The fourth-order valence-corrected chi connectivity index (χ4v) is 3.13. The highest BCUT2D eigenvalue weighted by Crippen LogP contribution is 2.29. The molecule has 3 nitrogen and oxygen atoms in total. The van der Waals surface area contributed by atoms with Gasteiger partial charge in [-0.2, -0.15) is 13.2 Å². The molecule has 1 aliphatic rings. The topological polar surface area (TPSA) is 19.4 Å². The maximum atomic E-state index is 12.7. The lowest BCUT2D eigenvalue weighted by atomic mass is 10.1.